The molecule has 1 saturated carbocycles. The predicted octanol–water partition coefficient (Wildman–Crippen LogP) is -0.435. The van der Waals surface area contributed by atoms with Crippen molar-refractivity contribution < 1.29 is 18.3 Å². The Kier molecular flexibility index (Phi) is 3.90. The Labute approximate surface area is 117 Å². The van der Waals surface area contributed by atoms with E-state index in [9.17, 15) is 13.2 Å². The third kappa shape index (κ3) is 3.20. The molecule has 2 rings (SSSR count). The topological polar surface area (TPSA) is 114 Å². The molecule has 0 spiro atoms. The SMILES string of the molecule is Cn1cc(S(N)(=O)=O)cc1C(=O)NCC1(CCO)CC1. The maximum Gasteiger partial charge on any atom is 0.267 e. The minimum atomic E-state index is -3.81. The number of carbonyl (C=O) groups excluding carboxylic acids is 1. The van der Waals surface area contributed by atoms with Crippen LogP contribution in [0.25, 0.3) is 0 Å². The van der Waals surface area contributed by atoms with Crippen LogP contribution in [0.2, 0.25) is 0 Å². The molecule has 1 fully saturated rings. The second-order valence-electron chi connectivity index (χ2n) is 5.37. The molecule has 112 valence electrons. The van der Waals surface area contributed by atoms with Crippen LogP contribution < -0.4 is 10.5 Å². The molecule has 0 saturated heterocycles. The normalized spacial score (nSPS) is 16.9. The monoisotopic (exact) mass is 301 g/mol. The average Bonchev–Trinajstić information content (AvgIpc) is 2.99. The van der Waals surface area contributed by atoms with Crippen LogP contribution in [0.15, 0.2) is 17.2 Å². The molecule has 1 aromatic heterocycles. The summed E-state index contributed by atoms with van der Waals surface area (Å²) in [6, 6.07) is 1.26. The quantitative estimate of drug-likeness (QED) is 0.661. The third-order valence-corrected chi connectivity index (χ3v) is 4.64. The Hall–Kier alpha value is -1.38. The number of nitrogens with one attached hydrogen (secondary N) is 1. The van der Waals surface area contributed by atoms with Gasteiger partial charge >= 0.3 is 0 Å². The summed E-state index contributed by atoms with van der Waals surface area (Å²) in [6.45, 7) is 0.595. The smallest absolute Gasteiger partial charge is 0.267 e. The molecule has 1 aliphatic rings. The van der Waals surface area contributed by atoms with Crippen LogP contribution in [0.1, 0.15) is 29.8 Å². The van der Waals surface area contributed by atoms with Crippen molar-refractivity contribution in [2.75, 3.05) is 13.2 Å². The summed E-state index contributed by atoms with van der Waals surface area (Å²) in [4.78, 5) is 12.0. The van der Waals surface area contributed by atoms with Gasteiger partial charge in [-0.25, -0.2) is 13.6 Å². The van der Waals surface area contributed by atoms with E-state index in [0.717, 1.165) is 12.8 Å². The van der Waals surface area contributed by atoms with E-state index in [1.807, 2.05) is 0 Å². The maximum atomic E-state index is 12.1. The van der Waals surface area contributed by atoms with Gasteiger partial charge in [0, 0.05) is 26.4 Å². The molecule has 7 nitrogen and oxygen atoms in total. The molecule has 1 heterocycles. The number of nitrogens with zero attached hydrogens (tertiary/aromatic N) is 1. The number of hydrogen-bond donors (Lipinski definition) is 3. The minimum absolute atomic E-state index is 0.0123. The fourth-order valence-corrected chi connectivity index (χ4v) is 2.78. The molecule has 0 aromatic carbocycles. The van der Waals surface area contributed by atoms with E-state index < -0.39 is 10.0 Å². The number of hydrogen-bond acceptors (Lipinski definition) is 4. The Balaban J connectivity index is 2.05. The summed E-state index contributed by atoms with van der Waals surface area (Å²) < 4.78 is 23.9. The van der Waals surface area contributed by atoms with Crippen LogP contribution in [-0.4, -0.2) is 37.2 Å². The van der Waals surface area contributed by atoms with Crippen LogP contribution in [0, 0.1) is 5.41 Å². The molecule has 0 aliphatic heterocycles. The first-order valence-electron chi connectivity index (χ1n) is 6.36. The fraction of sp³-hybridized carbons (Fsp3) is 0.583. The van der Waals surface area contributed by atoms with Gasteiger partial charge in [-0.15, -0.1) is 0 Å². The van der Waals surface area contributed by atoms with Gasteiger partial charge in [-0.05, 0) is 30.7 Å². The lowest BCUT2D eigenvalue weighted by Crippen LogP contribution is -2.31. The van der Waals surface area contributed by atoms with Crippen molar-refractivity contribution in [2.24, 2.45) is 17.6 Å². The van der Waals surface area contributed by atoms with Crippen molar-refractivity contribution in [1.29, 1.82) is 0 Å². The number of aliphatic hydroxyl groups is 1. The highest BCUT2D eigenvalue weighted by Crippen LogP contribution is 2.47. The summed E-state index contributed by atoms with van der Waals surface area (Å²) in [5.41, 5.74) is 0.257. The number of aromatic nitrogens is 1. The fourth-order valence-electron chi connectivity index (χ4n) is 2.20. The van der Waals surface area contributed by atoms with Crippen molar-refractivity contribution in [3.8, 4) is 0 Å². The molecule has 0 unspecified atom stereocenters. The van der Waals surface area contributed by atoms with E-state index >= 15 is 0 Å². The van der Waals surface area contributed by atoms with Crippen LogP contribution in [0.3, 0.4) is 0 Å². The lowest BCUT2D eigenvalue weighted by molar-refractivity contribution is 0.0932. The van der Waals surface area contributed by atoms with Gasteiger partial charge in [-0.3, -0.25) is 4.79 Å². The number of carbonyl (C=O) groups is 1. The number of nitrogens with two attached hydrogens (primary N) is 1. The van der Waals surface area contributed by atoms with Crippen LogP contribution in [-0.2, 0) is 17.1 Å². The number of primary sulfonamides is 1. The van der Waals surface area contributed by atoms with Crippen LogP contribution in [0.4, 0.5) is 0 Å². The number of aryl methyl sites for hydroxylation is 1. The van der Waals surface area contributed by atoms with E-state index in [0.29, 0.717) is 13.0 Å². The van der Waals surface area contributed by atoms with Gasteiger partial charge in [0.2, 0.25) is 10.0 Å². The number of rotatable bonds is 6. The summed E-state index contributed by atoms with van der Waals surface area (Å²) in [7, 11) is -2.22. The molecule has 8 heteroatoms. The molecule has 20 heavy (non-hydrogen) atoms. The molecule has 0 atom stereocenters. The third-order valence-electron chi connectivity index (χ3n) is 3.76. The second-order valence-corrected chi connectivity index (χ2v) is 6.93. The standard InChI is InChI=1S/C12H19N3O4S/c1-15-7-9(20(13,18)19)6-10(15)11(17)14-8-12(2-3-12)4-5-16/h6-7,16H,2-5,8H2,1H3,(H,14,17)(H2,13,18,19). The minimum Gasteiger partial charge on any atom is -0.396 e. The zero-order chi connectivity index (χ0) is 15.0. The second kappa shape index (κ2) is 5.19. The molecular weight excluding hydrogens is 282 g/mol. The molecule has 1 aromatic rings. The number of amides is 1. The van der Waals surface area contributed by atoms with Crippen molar-refractivity contribution in [3.63, 3.8) is 0 Å². The molecular formula is C12H19N3O4S. The van der Waals surface area contributed by atoms with Gasteiger partial charge in [-0.1, -0.05) is 0 Å². The zero-order valence-electron chi connectivity index (χ0n) is 11.3. The lowest BCUT2D eigenvalue weighted by Gasteiger charge is -2.14. The highest BCUT2D eigenvalue weighted by Gasteiger charge is 2.42. The highest BCUT2D eigenvalue weighted by atomic mass is 32.2. The summed E-state index contributed by atoms with van der Waals surface area (Å²) in [5, 5.41) is 16.8. The Bertz CT molecular complexity index is 617. The summed E-state index contributed by atoms with van der Waals surface area (Å²) in [5.74, 6) is -0.341. The first-order chi connectivity index (χ1) is 9.27. The van der Waals surface area contributed by atoms with Gasteiger partial charge < -0.3 is 15.0 Å². The maximum absolute atomic E-state index is 12.1. The van der Waals surface area contributed by atoms with Crippen molar-refractivity contribution in [1.82, 2.24) is 9.88 Å². The van der Waals surface area contributed by atoms with E-state index in [1.54, 1.807) is 7.05 Å². The van der Waals surface area contributed by atoms with Crippen molar-refractivity contribution in [2.45, 2.75) is 24.2 Å². The van der Waals surface area contributed by atoms with Gasteiger partial charge in [-0.2, -0.15) is 0 Å². The van der Waals surface area contributed by atoms with E-state index in [-0.39, 0.29) is 28.5 Å². The van der Waals surface area contributed by atoms with Crippen molar-refractivity contribution >= 4 is 15.9 Å². The average molecular weight is 301 g/mol. The Morgan fingerprint density at radius 1 is 1.55 bits per heavy atom. The molecule has 0 radical (unpaired) electrons. The molecule has 4 N–H and O–H groups in total. The van der Waals surface area contributed by atoms with Gasteiger partial charge in [0.25, 0.3) is 5.91 Å². The summed E-state index contributed by atoms with van der Waals surface area (Å²) >= 11 is 0. The summed E-state index contributed by atoms with van der Waals surface area (Å²) in [6.07, 6.45) is 3.96. The molecule has 0 bridgehead atoms. The Morgan fingerprint density at radius 2 is 2.20 bits per heavy atom. The van der Waals surface area contributed by atoms with Crippen LogP contribution in [0.5, 0.6) is 0 Å². The lowest BCUT2D eigenvalue weighted by atomic mass is 10.0. The van der Waals surface area contributed by atoms with Crippen molar-refractivity contribution in [3.05, 3.63) is 18.0 Å². The first kappa shape index (κ1) is 15.0. The Morgan fingerprint density at radius 3 is 2.65 bits per heavy atom. The zero-order valence-corrected chi connectivity index (χ0v) is 12.1. The van der Waals surface area contributed by atoms with E-state index in [4.69, 9.17) is 10.2 Å². The molecule has 1 amide bonds. The largest absolute Gasteiger partial charge is 0.396 e. The van der Waals surface area contributed by atoms with Crippen LogP contribution >= 0.6 is 0 Å². The first-order valence-corrected chi connectivity index (χ1v) is 7.90. The predicted molar refractivity (Wildman–Crippen MR) is 72.5 cm³/mol. The van der Waals surface area contributed by atoms with Gasteiger partial charge in [0.05, 0.1) is 0 Å². The van der Waals surface area contributed by atoms with E-state index in [2.05, 4.69) is 5.32 Å². The number of aliphatic hydroxyl groups excluding tert-OH is 1. The highest BCUT2D eigenvalue weighted by molar-refractivity contribution is 7.89. The van der Waals surface area contributed by atoms with E-state index in [1.165, 1.54) is 16.8 Å². The number of sulfonamides is 1. The van der Waals surface area contributed by atoms with Gasteiger partial charge in [0.15, 0.2) is 0 Å². The van der Waals surface area contributed by atoms with Gasteiger partial charge in [0.1, 0.15) is 10.6 Å². The molecule has 1 aliphatic carbocycles.